The van der Waals surface area contributed by atoms with Crippen molar-refractivity contribution in [1.82, 2.24) is 4.98 Å². The van der Waals surface area contributed by atoms with Crippen LogP contribution in [0.2, 0.25) is 0 Å². The van der Waals surface area contributed by atoms with Gasteiger partial charge in [-0.15, -0.1) is 0 Å². The van der Waals surface area contributed by atoms with Crippen LogP contribution >= 0.6 is 0 Å². The van der Waals surface area contributed by atoms with E-state index in [1.807, 2.05) is 25.2 Å². The summed E-state index contributed by atoms with van der Waals surface area (Å²) in [6.45, 7) is 1.05. The molecule has 0 aromatic carbocycles. The van der Waals surface area contributed by atoms with Gasteiger partial charge in [0.05, 0.1) is 0 Å². The number of hydrogen-bond donors (Lipinski definition) is 2. The molecule has 0 unspecified atom stereocenters. The lowest BCUT2D eigenvalue weighted by molar-refractivity contribution is 0.303. The first kappa shape index (κ1) is 10.3. The van der Waals surface area contributed by atoms with Crippen molar-refractivity contribution >= 4 is 11.6 Å². The lowest BCUT2D eigenvalue weighted by Crippen LogP contribution is -2.16. The first-order valence-electron chi connectivity index (χ1n) is 5.77. The van der Waals surface area contributed by atoms with E-state index >= 15 is 0 Å². The molecule has 0 aliphatic heterocycles. The minimum Gasteiger partial charge on any atom is -0.373 e. The Morgan fingerprint density at radius 1 is 1.33 bits per heavy atom. The first-order valence-corrected chi connectivity index (χ1v) is 5.77. The normalized spacial score (nSPS) is 15.8. The van der Waals surface area contributed by atoms with Crippen LogP contribution in [0.3, 0.4) is 0 Å². The average Bonchev–Trinajstić information content (AvgIpc) is 2.22. The van der Waals surface area contributed by atoms with Gasteiger partial charge >= 0.3 is 0 Å². The maximum atomic E-state index is 4.41. The van der Waals surface area contributed by atoms with Crippen LogP contribution in [0.4, 0.5) is 11.6 Å². The number of hydrogen-bond acceptors (Lipinski definition) is 3. The number of aromatic nitrogens is 1. The molecule has 15 heavy (non-hydrogen) atoms. The maximum Gasteiger partial charge on any atom is 0.128 e. The van der Waals surface area contributed by atoms with Gasteiger partial charge in [-0.3, -0.25) is 0 Å². The Hall–Kier alpha value is -1.25. The zero-order valence-electron chi connectivity index (χ0n) is 9.29. The molecule has 2 N–H and O–H groups in total. The summed E-state index contributed by atoms with van der Waals surface area (Å²) in [4.78, 5) is 4.41. The molecule has 1 aromatic heterocycles. The molecular weight excluding hydrogens is 186 g/mol. The van der Waals surface area contributed by atoms with Crippen LogP contribution in [0.15, 0.2) is 18.2 Å². The predicted molar refractivity (Wildman–Crippen MR) is 64.2 cm³/mol. The largest absolute Gasteiger partial charge is 0.373 e. The molecule has 0 atom stereocenters. The molecule has 3 nitrogen and oxygen atoms in total. The zero-order valence-corrected chi connectivity index (χ0v) is 9.29. The van der Waals surface area contributed by atoms with E-state index in [1.54, 1.807) is 0 Å². The molecule has 82 valence electrons. The van der Waals surface area contributed by atoms with Crippen molar-refractivity contribution < 1.29 is 0 Å². The molecule has 1 aromatic rings. The highest BCUT2D eigenvalue weighted by Crippen LogP contribution is 2.29. The van der Waals surface area contributed by atoms with Gasteiger partial charge in [0.2, 0.25) is 0 Å². The third-order valence-corrected chi connectivity index (χ3v) is 3.09. The van der Waals surface area contributed by atoms with E-state index in [2.05, 4.69) is 15.6 Å². The molecule has 1 fully saturated rings. The summed E-state index contributed by atoms with van der Waals surface area (Å²) in [5, 5.41) is 6.41. The van der Waals surface area contributed by atoms with Crippen LogP contribution in [0, 0.1) is 5.92 Å². The van der Waals surface area contributed by atoms with Crippen LogP contribution in [0.1, 0.15) is 25.7 Å². The van der Waals surface area contributed by atoms with Gasteiger partial charge in [0.15, 0.2) is 0 Å². The van der Waals surface area contributed by atoms with Crippen LogP contribution in [0.5, 0.6) is 0 Å². The van der Waals surface area contributed by atoms with Gasteiger partial charge in [-0.05, 0) is 24.5 Å². The van der Waals surface area contributed by atoms with Crippen molar-refractivity contribution in [3.8, 4) is 0 Å². The van der Waals surface area contributed by atoms with Gasteiger partial charge < -0.3 is 10.6 Å². The van der Waals surface area contributed by atoms with Crippen LogP contribution in [-0.2, 0) is 0 Å². The summed E-state index contributed by atoms with van der Waals surface area (Å²) in [6.07, 6.45) is 5.56. The van der Waals surface area contributed by atoms with Crippen molar-refractivity contribution in [3.05, 3.63) is 18.2 Å². The fourth-order valence-corrected chi connectivity index (χ4v) is 1.86. The van der Waals surface area contributed by atoms with Crippen molar-refractivity contribution in [3.63, 3.8) is 0 Å². The van der Waals surface area contributed by atoms with Gasteiger partial charge in [-0.1, -0.05) is 25.3 Å². The summed E-state index contributed by atoms with van der Waals surface area (Å²) in [7, 11) is 1.89. The highest BCUT2D eigenvalue weighted by molar-refractivity contribution is 5.44. The minimum absolute atomic E-state index is 0.920. The van der Waals surface area contributed by atoms with Crippen molar-refractivity contribution in [2.75, 3.05) is 24.2 Å². The van der Waals surface area contributed by atoms with E-state index in [9.17, 15) is 0 Å². The van der Waals surface area contributed by atoms with Crippen molar-refractivity contribution in [1.29, 1.82) is 0 Å². The number of pyridine rings is 1. The van der Waals surface area contributed by atoms with E-state index in [1.165, 1.54) is 25.7 Å². The third-order valence-electron chi connectivity index (χ3n) is 3.09. The SMILES string of the molecule is CNc1cccc(NCCC2CCC2)n1. The molecule has 0 radical (unpaired) electrons. The second-order valence-corrected chi connectivity index (χ2v) is 4.17. The Balaban J connectivity index is 1.76. The molecule has 1 aliphatic carbocycles. The highest BCUT2D eigenvalue weighted by Gasteiger charge is 2.16. The van der Waals surface area contributed by atoms with Gasteiger partial charge in [0.25, 0.3) is 0 Å². The summed E-state index contributed by atoms with van der Waals surface area (Å²) in [6, 6.07) is 6.00. The molecule has 0 amide bonds. The van der Waals surface area contributed by atoms with Crippen LogP contribution in [0.25, 0.3) is 0 Å². The van der Waals surface area contributed by atoms with Gasteiger partial charge in [0.1, 0.15) is 11.6 Å². The maximum absolute atomic E-state index is 4.41. The van der Waals surface area contributed by atoms with E-state index in [-0.39, 0.29) is 0 Å². The number of anilines is 2. The van der Waals surface area contributed by atoms with Gasteiger partial charge in [-0.2, -0.15) is 0 Å². The summed E-state index contributed by atoms with van der Waals surface area (Å²) >= 11 is 0. The Labute approximate surface area is 91.3 Å². The number of rotatable bonds is 5. The Morgan fingerprint density at radius 2 is 2.13 bits per heavy atom. The minimum atomic E-state index is 0.920. The molecule has 1 saturated carbocycles. The lowest BCUT2D eigenvalue weighted by atomic mass is 9.83. The summed E-state index contributed by atoms with van der Waals surface area (Å²) in [5.41, 5.74) is 0. The lowest BCUT2D eigenvalue weighted by Gasteiger charge is -2.25. The van der Waals surface area contributed by atoms with E-state index in [0.29, 0.717) is 0 Å². The summed E-state index contributed by atoms with van der Waals surface area (Å²) < 4.78 is 0. The van der Waals surface area contributed by atoms with Crippen LogP contribution in [-0.4, -0.2) is 18.6 Å². The number of nitrogens with one attached hydrogen (secondary N) is 2. The van der Waals surface area contributed by atoms with Crippen molar-refractivity contribution in [2.45, 2.75) is 25.7 Å². The second kappa shape index (κ2) is 5.01. The third kappa shape index (κ3) is 2.85. The van der Waals surface area contributed by atoms with Gasteiger partial charge in [0, 0.05) is 13.6 Å². The smallest absolute Gasteiger partial charge is 0.128 e. The standard InChI is InChI=1S/C12H19N3/c1-13-11-6-3-7-12(15-11)14-9-8-10-4-2-5-10/h3,6-7,10H,2,4-5,8-9H2,1H3,(H2,13,14,15). The van der Waals surface area contributed by atoms with Crippen LogP contribution < -0.4 is 10.6 Å². The average molecular weight is 205 g/mol. The Bertz CT molecular complexity index is 307. The molecule has 0 bridgehead atoms. The Kier molecular flexibility index (Phi) is 3.43. The molecule has 3 heteroatoms. The topological polar surface area (TPSA) is 37.0 Å². The molecular formula is C12H19N3. The number of nitrogens with zero attached hydrogens (tertiary/aromatic N) is 1. The quantitative estimate of drug-likeness (QED) is 0.776. The molecule has 2 rings (SSSR count). The van der Waals surface area contributed by atoms with Gasteiger partial charge in [-0.25, -0.2) is 4.98 Å². The zero-order chi connectivity index (χ0) is 10.5. The fraction of sp³-hybridized carbons (Fsp3) is 0.583. The molecule has 0 spiro atoms. The monoisotopic (exact) mass is 205 g/mol. The molecule has 1 heterocycles. The van der Waals surface area contributed by atoms with E-state index < -0.39 is 0 Å². The molecule has 0 saturated heterocycles. The van der Waals surface area contributed by atoms with E-state index in [4.69, 9.17) is 0 Å². The van der Waals surface area contributed by atoms with E-state index in [0.717, 1.165) is 24.1 Å². The first-order chi connectivity index (χ1) is 7.38. The second-order valence-electron chi connectivity index (χ2n) is 4.17. The summed E-state index contributed by atoms with van der Waals surface area (Å²) in [5.74, 6) is 2.86. The van der Waals surface area contributed by atoms with Crippen molar-refractivity contribution in [2.24, 2.45) is 5.92 Å². The molecule has 1 aliphatic rings. The fourth-order valence-electron chi connectivity index (χ4n) is 1.86. The highest BCUT2D eigenvalue weighted by atomic mass is 15.0. The Morgan fingerprint density at radius 3 is 2.80 bits per heavy atom. The predicted octanol–water partition coefficient (Wildman–Crippen LogP) is 2.73.